The minimum atomic E-state index is -0.935. The molecule has 45 heavy (non-hydrogen) atoms. The van der Waals surface area contributed by atoms with Crippen molar-refractivity contribution in [3.05, 3.63) is 120 Å². The molecule has 8 unspecified atom stereocenters. The van der Waals surface area contributed by atoms with Gasteiger partial charge in [0.2, 0.25) is 0 Å². The number of methoxy groups -OCH3 is 1. The summed E-state index contributed by atoms with van der Waals surface area (Å²) in [7, 11) is 1.36. The second-order valence-corrected chi connectivity index (χ2v) is 11.8. The molecule has 3 aromatic rings. The Labute approximate surface area is 265 Å². The molecule has 3 aromatic carbocycles. The molecule has 1 heterocycles. The standard InChI is InChI=1S/C37H44O8/c1-4-29-20-30(36(39)40-3)21-31(38)33(29)45-37-35(43-24-28-18-12-7-13-19-28)34(42-23-27-16-10-6-11-17-27)32(25(2)44-37)41-22-26-14-8-5-9-15-26/h4-19,25,29-35,37-38H,1,20-24H2,2-3H3/t25?,29?,30?,31-,32?,33?,34?,35?,37?/m1/s1. The summed E-state index contributed by atoms with van der Waals surface area (Å²) in [4.78, 5) is 12.3. The summed E-state index contributed by atoms with van der Waals surface area (Å²) in [6.45, 7) is 6.92. The molecule has 0 spiro atoms. The third kappa shape index (κ3) is 8.67. The first-order chi connectivity index (χ1) is 22.0. The van der Waals surface area contributed by atoms with Gasteiger partial charge in [-0.15, -0.1) is 6.58 Å². The van der Waals surface area contributed by atoms with Gasteiger partial charge in [-0.3, -0.25) is 4.79 Å². The molecule has 2 fully saturated rings. The average Bonchev–Trinajstić information content (AvgIpc) is 3.08. The molecule has 0 radical (unpaired) electrons. The van der Waals surface area contributed by atoms with Crippen LogP contribution in [0.25, 0.3) is 0 Å². The highest BCUT2D eigenvalue weighted by Gasteiger charge is 2.50. The van der Waals surface area contributed by atoms with Gasteiger partial charge in [-0.25, -0.2) is 0 Å². The summed E-state index contributed by atoms with van der Waals surface area (Å²) in [5.41, 5.74) is 3.04. The second-order valence-electron chi connectivity index (χ2n) is 11.8. The zero-order valence-electron chi connectivity index (χ0n) is 26.0. The Morgan fingerprint density at radius 1 is 0.778 bits per heavy atom. The molecule has 1 saturated carbocycles. The van der Waals surface area contributed by atoms with E-state index in [0.29, 0.717) is 26.2 Å². The molecule has 8 heteroatoms. The second kappa shape index (κ2) is 16.3. The van der Waals surface area contributed by atoms with Crippen LogP contribution < -0.4 is 0 Å². The van der Waals surface area contributed by atoms with Gasteiger partial charge in [0.25, 0.3) is 0 Å². The number of hydrogen-bond acceptors (Lipinski definition) is 8. The Balaban J connectivity index is 1.42. The number of hydrogen-bond donors (Lipinski definition) is 1. The predicted molar refractivity (Wildman–Crippen MR) is 169 cm³/mol. The van der Waals surface area contributed by atoms with Crippen molar-refractivity contribution in [1.82, 2.24) is 0 Å². The number of benzene rings is 3. The van der Waals surface area contributed by atoms with Crippen LogP contribution in [0.4, 0.5) is 0 Å². The molecule has 1 aliphatic heterocycles. The van der Waals surface area contributed by atoms with Crippen molar-refractivity contribution in [2.24, 2.45) is 11.8 Å². The lowest BCUT2D eigenvalue weighted by Gasteiger charge is -2.47. The first kappa shape index (κ1) is 33.0. The number of carbonyl (C=O) groups excluding carboxylic acids is 1. The van der Waals surface area contributed by atoms with Gasteiger partial charge in [-0.1, -0.05) is 97.1 Å². The highest BCUT2D eigenvalue weighted by atomic mass is 16.7. The zero-order valence-corrected chi connectivity index (χ0v) is 26.0. The maximum absolute atomic E-state index is 12.3. The van der Waals surface area contributed by atoms with Crippen molar-refractivity contribution >= 4 is 5.97 Å². The fourth-order valence-electron chi connectivity index (χ4n) is 6.18. The molecule has 1 aliphatic carbocycles. The fraction of sp³-hybridized carbons (Fsp3) is 0.432. The summed E-state index contributed by atoms with van der Waals surface area (Å²) in [5.74, 6) is -1.09. The van der Waals surface area contributed by atoms with Crippen molar-refractivity contribution in [3.63, 3.8) is 0 Å². The molecule has 240 valence electrons. The van der Waals surface area contributed by atoms with Crippen LogP contribution in [0, 0.1) is 11.8 Å². The molecule has 1 N–H and O–H groups in total. The van der Waals surface area contributed by atoms with Crippen LogP contribution in [0.5, 0.6) is 0 Å². The minimum Gasteiger partial charge on any atom is -0.469 e. The SMILES string of the molecule is C=CC1CC(C(=O)OC)C[C@@H](O)C1OC1OC(C)C(OCc2ccccc2)C(OCc2ccccc2)C1OCc1ccccc1. The maximum Gasteiger partial charge on any atom is 0.308 e. The first-order valence-electron chi connectivity index (χ1n) is 15.6. The average molecular weight is 617 g/mol. The molecule has 0 bridgehead atoms. The third-order valence-corrected chi connectivity index (χ3v) is 8.60. The number of aliphatic hydroxyl groups is 1. The van der Waals surface area contributed by atoms with Crippen molar-refractivity contribution < 1.29 is 38.3 Å². The highest BCUT2D eigenvalue weighted by molar-refractivity contribution is 5.72. The third-order valence-electron chi connectivity index (χ3n) is 8.60. The fourth-order valence-corrected chi connectivity index (χ4v) is 6.18. The normalized spacial score (nSPS) is 30.0. The van der Waals surface area contributed by atoms with E-state index in [1.165, 1.54) is 7.11 Å². The van der Waals surface area contributed by atoms with Crippen LogP contribution in [-0.4, -0.2) is 61.1 Å². The lowest BCUT2D eigenvalue weighted by atomic mass is 9.77. The van der Waals surface area contributed by atoms with Crippen LogP contribution in [0.1, 0.15) is 36.5 Å². The van der Waals surface area contributed by atoms with Crippen molar-refractivity contribution in [3.8, 4) is 0 Å². The maximum atomic E-state index is 12.3. The zero-order chi connectivity index (χ0) is 31.6. The number of aliphatic hydroxyl groups excluding tert-OH is 1. The van der Waals surface area contributed by atoms with Crippen LogP contribution in [0.15, 0.2) is 104 Å². The Hall–Kier alpha value is -3.37. The van der Waals surface area contributed by atoms with Gasteiger partial charge in [0.1, 0.15) is 18.3 Å². The molecule has 0 aromatic heterocycles. The molecule has 9 atom stereocenters. The lowest BCUT2D eigenvalue weighted by molar-refractivity contribution is -0.337. The van der Waals surface area contributed by atoms with E-state index in [4.69, 9.17) is 28.4 Å². The van der Waals surface area contributed by atoms with Crippen LogP contribution >= 0.6 is 0 Å². The van der Waals surface area contributed by atoms with E-state index in [-0.39, 0.29) is 18.3 Å². The van der Waals surface area contributed by atoms with Crippen LogP contribution in [0.3, 0.4) is 0 Å². The van der Waals surface area contributed by atoms with Gasteiger partial charge in [-0.05, 0) is 36.5 Å². The Morgan fingerprint density at radius 3 is 1.76 bits per heavy atom. The Kier molecular flexibility index (Phi) is 11.9. The van der Waals surface area contributed by atoms with E-state index in [0.717, 1.165) is 16.7 Å². The van der Waals surface area contributed by atoms with Gasteiger partial charge in [0, 0.05) is 5.92 Å². The van der Waals surface area contributed by atoms with Crippen molar-refractivity contribution in [2.45, 2.75) is 82.5 Å². The van der Waals surface area contributed by atoms with Crippen LogP contribution in [-0.2, 0) is 53.0 Å². The molecular weight excluding hydrogens is 572 g/mol. The summed E-state index contributed by atoms with van der Waals surface area (Å²) < 4.78 is 37.9. The monoisotopic (exact) mass is 616 g/mol. The number of ether oxygens (including phenoxy) is 6. The molecule has 2 aliphatic rings. The molecule has 8 nitrogen and oxygen atoms in total. The first-order valence-corrected chi connectivity index (χ1v) is 15.6. The summed E-state index contributed by atoms with van der Waals surface area (Å²) in [6.07, 6.45) is -2.29. The van der Waals surface area contributed by atoms with Gasteiger partial charge >= 0.3 is 5.97 Å². The number of rotatable bonds is 13. The van der Waals surface area contributed by atoms with Gasteiger partial charge < -0.3 is 33.5 Å². The van der Waals surface area contributed by atoms with Crippen LogP contribution in [0.2, 0.25) is 0 Å². The Morgan fingerprint density at radius 2 is 1.27 bits per heavy atom. The van der Waals surface area contributed by atoms with Crippen molar-refractivity contribution in [1.29, 1.82) is 0 Å². The van der Waals surface area contributed by atoms with Gasteiger partial charge in [-0.2, -0.15) is 0 Å². The quantitative estimate of drug-likeness (QED) is 0.196. The smallest absolute Gasteiger partial charge is 0.308 e. The molecule has 5 rings (SSSR count). The molecule has 0 amide bonds. The van der Waals surface area contributed by atoms with E-state index in [9.17, 15) is 9.90 Å². The molecular formula is C37H44O8. The largest absolute Gasteiger partial charge is 0.469 e. The topological polar surface area (TPSA) is 92.7 Å². The summed E-state index contributed by atoms with van der Waals surface area (Å²) >= 11 is 0. The highest BCUT2D eigenvalue weighted by Crippen LogP contribution is 2.37. The van der Waals surface area contributed by atoms with Gasteiger partial charge in [0.15, 0.2) is 6.29 Å². The molecule has 1 saturated heterocycles. The van der Waals surface area contributed by atoms with E-state index in [1.807, 2.05) is 97.9 Å². The van der Waals surface area contributed by atoms with Gasteiger partial charge in [0.05, 0.1) is 51.2 Å². The number of carbonyl (C=O) groups is 1. The predicted octanol–water partition coefficient (Wildman–Crippen LogP) is 5.62. The summed E-state index contributed by atoms with van der Waals surface area (Å²) in [5, 5.41) is 11.2. The van der Waals surface area contributed by atoms with E-state index >= 15 is 0 Å². The van der Waals surface area contributed by atoms with Crippen molar-refractivity contribution in [2.75, 3.05) is 7.11 Å². The number of esters is 1. The lowest BCUT2D eigenvalue weighted by Crippen LogP contribution is -2.61. The summed E-state index contributed by atoms with van der Waals surface area (Å²) in [6, 6.07) is 29.8. The van der Waals surface area contributed by atoms with E-state index in [2.05, 4.69) is 6.58 Å². The Bertz CT molecular complexity index is 1320. The minimum absolute atomic E-state index is 0.218. The van der Waals surface area contributed by atoms with E-state index < -0.39 is 48.8 Å². The van der Waals surface area contributed by atoms with E-state index in [1.54, 1.807) is 6.08 Å².